The van der Waals surface area contributed by atoms with E-state index in [0.717, 1.165) is 12.1 Å². The number of amides is 3. The molecule has 2 rings (SSSR count). The highest BCUT2D eigenvalue weighted by Crippen LogP contribution is 2.23. The van der Waals surface area contributed by atoms with Gasteiger partial charge in [0.15, 0.2) is 0 Å². The molecule has 2 aromatic carbocycles. The molecule has 0 unspecified atom stereocenters. The zero-order valence-electron chi connectivity index (χ0n) is 18.0. The topological polar surface area (TPSA) is 91.9 Å². The van der Waals surface area contributed by atoms with Crippen LogP contribution >= 0.6 is 0 Å². The summed E-state index contributed by atoms with van der Waals surface area (Å²) in [6, 6.07) is 11.9. The van der Waals surface area contributed by atoms with Crippen LogP contribution in [0.5, 0.6) is 5.75 Å². The lowest BCUT2D eigenvalue weighted by atomic mass is 10.1. The first-order chi connectivity index (χ1) is 14.4. The summed E-state index contributed by atoms with van der Waals surface area (Å²) >= 11 is 0. The van der Waals surface area contributed by atoms with Crippen molar-refractivity contribution in [3.63, 3.8) is 0 Å². The number of benzene rings is 2. The normalized spacial score (nSPS) is 10.3. The number of ether oxygens (including phenoxy) is 2. The van der Waals surface area contributed by atoms with E-state index >= 15 is 0 Å². The summed E-state index contributed by atoms with van der Waals surface area (Å²) in [6.07, 6.45) is 0.734. The third-order valence-corrected chi connectivity index (χ3v) is 4.26. The molecule has 0 radical (unpaired) electrons. The minimum absolute atomic E-state index is 0.202. The van der Waals surface area contributed by atoms with Crippen molar-refractivity contribution in [1.29, 1.82) is 0 Å². The Morgan fingerprint density at radius 2 is 1.77 bits per heavy atom. The molecule has 0 fully saturated rings. The van der Waals surface area contributed by atoms with Gasteiger partial charge in [0, 0.05) is 57.0 Å². The van der Waals surface area contributed by atoms with E-state index in [4.69, 9.17) is 9.47 Å². The fourth-order valence-electron chi connectivity index (χ4n) is 2.80. The summed E-state index contributed by atoms with van der Waals surface area (Å²) in [7, 11) is 5.29. The van der Waals surface area contributed by atoms with E-state index in [1.807, 2.05) is 25.9 Å². The third kappa shape index (κ3) is 6.97. The van der Waals surface area contributed by atoms with Gasteiger partial charge in [0.05, 0.1) is 12.7 Å². The van der Waals surface area contributed by atoms with Gasteiger partial charge in [-0.25, -0.2) is 4.79 Å². The Kier molecular flexibility index (Phi) is 8.96. The number of nitrogens with zero attached hydrogens (tertiary/aromatic N) is 1. The molecule has 3 amide bonds. The molecule has 0 atom stereocenters. The lowest BCUT2D eigenvalue weighted by Crippen LogP contribution is -2.27. The summed E-state index contributed by atoms with van der Waals surface area (Å²) in [6.45, 7) is 3.71. The molecular weight excluding hydrogens is 384 g/mol. The number of hydrogen-bond acceptors (Lipinski definition) is 5. The van der Waals surface area contributed by atoms with Crippen molar-refractivity contribution < 1.29 is 19.1 Å². The summed E-state index contributed by atoms with van der Waals surface area (Å²) in [5.41, 5.74) is 2.36. The van der Waals surface area contributed by atoms with Crippen molar-refractivity contribution in [2.24, 2.45) is 0 Å². The molecule has 8 nitrogen and oxygen atoms in total. The molecule has 0 spiro atoms. The standard InChI is InChI=1S/C22H30N4O4/c1-5-30-13-7-12-23-21(27)19-15-17(10-11-20(19)26(2)3)25-22(28)24-16-8-6-9-18(14-16)29-4/h6,8-11,14-15H,5,7,12-13H2,1-4H3,(H,23,27)(H2,24,25,28). The van der Waals surface area contributed by atoms with E-state index in [-0.39, 0.29) is 5.91 Å². The van der Waals surface area contributed by atoms with Gasteiger partial charge in [0.1, 0.15) is 5.75 Å². The molecule has 0 aliphatic heterocycles. The highest BCUT2D eigenvalue weighted by Gasteiger charge is 2.15. The first kappa shape index (κ1) is 23.0. The highest BCUT2D eigenvalue weighted by atomic mass is 16.5. The average Bonchev–Trinajstić information content (AvgIpc) is 2.73. The van der Waals surface area contributed by atoms with Crippen molar-refractivity contribution in [3.8, 4) is 5.75 Å². The Morgan fingerprint density at radius 3 is 2.43 bits per heavy atom. The smallest absolute Gasteiger partial charge is 0.323 e. The third-order valence-electron chi connectivity index (χ3n) is 4.26. The minimum Gasteiger partial charge on any atom is -0.497 e. The van der Waals surface area contributed by atoms with E-state index in [1.54, 1.807) is 49.6 Å². The van der Waals surface area contributed by atoms with Crippen LogP contribution in [0.15, 0.2) is 42.5 Å². The van der Waals surface area contributed by atoms with Crippen LogP contribution in [0.1, 0.15) is 23.7 Å². The molecule has 162 valence electrons. The van der Waals surface area contributed by atoms with Gasteiger partial charge in [-0.3, -0.25) is 4.79 Å². The number of methoxy groups -OCH3 is 1. The Balaban J connectivity index is 2.06. The monoisotopic (exact) mass is 414 g/mol. The van der Waals surface area contributed by atoms with Gasteiger partial charge in [-0.2, -0.15) is 0 Å². The van der Waals surface area contributed by atoms with E-state index in [9.17, 15) is 9.59 Å². The van der Waals surface area contributed by atoms with Gasteiger partial charge in [0.2, 0.25) is 0 Å². The molecule has 8 heteroatoms. The van der Waals surface area contributed by atoms with Crippen LogP contribution in [0.2, 0.25) is 0 Å². The molecule has 0 aromatic heterocycles. The van der Waals surface area contributed by atoms with Crippen molar-refractivity contribution in [2.45, 2.75) is 13.3 Å². The largest absolute Gasteiger partial charge is 0.497 e. The molecule has 0 saturated heterocycles. The average molecular weight is 415 g/mol. The fraction of sp³-hybridized carbons (Fsp3) is 0.364. The fourth-order valence-corrected chi connectivity index (χ4v) is 2.80. The predicted octanol–water partition coefficient (Wildman–Crippen LogP) is 3.56. The first-order valence-corrected chi connectivity index (χ1v) is 9.84. The highest BCUT2D eigenvalue weighted by molar-refractivity contribution is 6.04. The van der Waals surface area contributed by atoms with Crippen LogP contribution in [0, 0.1) is 0 Å². The van der Waals surface area contributed by atoms with Crippen LogP contribution in [0.25, 0.3) is 0 Å². The molecule has 0 saturated carbocycles. The van der Waals surface area contributed by atoms with Crippen molar-refractivity contribution in [1.82, 2.24) is 5.32 Å². The second kappa shape index (κ2) is 11.7. The quantitative estimate of drug-likeness (QED) is 0.517. The number of rotatable bonds is 10. The van der Waals surface area contributed by atoms with Gasteiger partial charge >= 0.3 is 6.03 Å². The van der Waals surface area contributed by atoms with E-state index < -0.39 is 6.03 Å². The van der Waals surface area contributed by atoms with Crippen LogP contribution in [-0.2, 0) is 4.74 Å². The Morgan fingerprint density at radius 1 is 1.03 bits per heavy atom. The SMILES string of the molecule is CCOCCCNC(=O)c1cc(NC(=O)Nc2cccc(OC)c2)ccc1N(C)C. The Bertz CT molecular complexity index is 855. The Hall–Kier alpha value is -3.26. The number of carbonyl (C=O) groups excluding carboxylic acids is 2. The Labute approximate surface area is 177 Å². The van der Waals surface area contributed by atoms with E-state index in [0.29, 0.717) is 42.4 Å². The van der Waals surface area contributed by atoms with Gasteiger partial charge in [-0.15, -0.1) is 0 Å². The van der Waals surface area contributed by atoms with Crippen LogP contribution in [0.3, 0.4) is 0 Å². The second-order valence-electron chi connectivity index (χ2n) is 6.74. The van der Waals surface area contributed by atoms with E-state index in [1.165, 1.54) is 0 Å². The zero-order chi connectivity index (χ0) is 21.9. The lowest BCUT2D eigenvalue weighted by molar-refractivity contribution is 0.0944. The zero-order valence-corrected chi connectivity index (χ0v) is 18.0. The number of carbonyl (C=O) groups is 2. The summed E-state index contributed by atoms with van der Waals surface area (Å²) in [5.74, 6) is 0.443. The van der Waals surface area contributed by atoms with Gasteiger partial charge in [-0.05, 0) is 43.7 Å². The molecule has 0 heterocycles. The summed E-state index contributed by atoms with van der Waals surface area (Å²) in [5, 5.41) is 8.41. The minimum atomic E-state index is -0.413. The molecule has 0 bridgehead atoms. The predicted molar refractivity (Wildman–Crippen MR) is 120 cm³/mol. The second-order valence-corrected chi connectivity index (χ2v) is 6.74. The maximum Gasteiger partial charge on any atom is 0.323 e. The molecule has 3 N–H and O–H groups in total. The lowest BCUT2D eigenvalue weighted by Gasteiger charge is -2.18. The van der Waals surface area contributed by atoms with Gasteiger partial charge in [-0.1, -0.05) is 6.07 Å². The number of nitrogens with one attached hydrogen (secondary N) is 3. The van der Waals surface area contributed by atoms with E-state index in [2.05, 4.69) is 16.0 Å². The summed E-state index contributed by atoms with van der Waals surface area (Å²) in [4.78, 5) is 26.9. The maximum atomic E-state index is 12.7. The van der Waals surface area contributed by atoms with Crippen LogP contribution in [-0.4, -0.2) is 52.9 Å². The van der Waals surface area contributed by atoms with Gasteiger partial charge in [0.25, 0.3) is 5.91 Å². The maximum absolute atomic E-state index is 12.7. The molecule has 0 aliphatic carbocycles. The molecular formula is C22H30N4O4. The van der Waals surface area contributed by atoms with Gasteiger partial charge < -0.3 is 30.3 Å². The molecule has 30 heavy (non-hydrogen) atoms. The van der Waals surface area contributed by atoms with Crippen molar-refractivity contribution in [3.05, 3.63) is 48.0 Å². The van der Waals surface area contributed by atoms with Crippen molar-refractivity contribution in [2.75, 3.05) is 56.5 Å². The summed E-state index contributed by atoms with van der Waals surface area (Å²) < 4.78 is 10.4. The molecule has 0 aliphatic rings. The molecule has 2 aromatic rings. The van der Waals surface area contributed by atoms with Crippen molar-refractivity contribution >= 4 is 29.0 Å². The van der Waals surface area contributed by atoms with Crippen LogP contribution in [0.4, 0.5) is 21.9 Å². The number of anilines is 3. The van der Waals surface area contributed by atoms with Crippen LogP contribution < -0.4 is 25.6 Å². The number of hydrogen-bond donors (Lipinski definition) is 3. The first-order valence-electron chi connectivity index (χ1n) is 9.84. The number of urea groups is 1.